The molecule has 0 N–H and O–H groups in total. The lowest BCUT2D eigenvalue weighted by Gasteiger charge is -2.08. The molecule has 0 radical (unpaired) electrons. The lowest BCUT2D eigenvalue weighted by atomic mass is 10.1. The molecule has 0 aliphatic carbocycles. The third-order valence-corrected chi connectivity index (χ3v) is 3.96. The van der Waals surface area contributed by atoms with Crippen molar-refractivity contribution in [1.29, 1.82) is 0 Å². The third kappa shape index (κ3) is 3.17. The molecule has 5 nitrogen and oxygen atoms in total. The topological polar surface area (TPSA) is 61.2 Å². The predicted octanol–water partition coefficient (Wildman–Crippen LogP) is 2.99. The zero-order valence-corrected chi connectivity index (χ0v) is 13.9. The van der Waals surface area contributed by atoms with Gasteiger partial charge in [0, 0.05) is 12.4 Å². The summed E-state index contributed by atoms with van der Waals surface area (Å²) < 4.78 is 6.99. The molecule has 2 heterocycles. The molecule has 3 aromatic rings. The summed E-state index contributed by atoms with van der Waals surface area (Å²) in [5, 5.41) is 1.39. The van der Waals surface area contributed by atoms with Crippen molar-refractivity contribution in [3.05, 3.63) is 74.9 Å². The minimum atomic E-state index is -0.397. The fourth-order valence-corrected chi connectivity index (χ4v) is 2.74. The average molecular weight is 373 g/mol. The summed E-state index contributed by atoms with van der Waals surface area (Å²) in [6.07, 6.45) is 3.30. The smallest absolute Gasteiger partial charge is 0.337 e. The lowest BCUT2D eigenvalue weighted by molar-refractivity contribution is 0.0600. The summed E-state index contributed by atoms with van der Waals surface area (Å²) in [7, 11) is 1.34. The number of rotatable bonds is 3. The second-order valence-corrected chi connectivity index (χ2v) is 5.85. The first kappa shape index (κ1) is 15.4. The van der Waals surface area contributed by atoms with Crippen molar-refractivity contribution >= 4 is 32.7 Å². The van der Waals surface area contributed by atoms with Gasteiger partial charge in [-0.05, 0) is 51.1 Å². The fourth-order valence-electron chi connectivity index (χ4n) is 2.39. The maximum Gasteiger partial charge on any atom is 0.337 e. The summed E-state index contributed by atoms with van der Waals surface area (Å²) in [4.78, 5) is 28.2. The van der Waals surface area contributed by atoms with Gasteiger partial charge in [0.15, 0.2) is 0 Å². The van der Waals surface area contributed by atoms with Crippen LogP contribution in [0.25, 0.3) is 10.8 Å². The number of benzene rings is 1. The number of halogens is 1. The number of hydrogen-bond acceptors (Lipinski definition) is 4. The van der Waals surface area contributed by atoms with Gasteiger partial charge in [-0.3, -0.25) is 4.79 Å². The van der Waals surface area contributed by atoms with Crippen LogP contribution in [-0.2, 0) is 11.3 Å². The van der Waals surface area contributed by atoms with Crippen LogP contribution in [0.3, 0.4) is 0 Å². The second kappa shape index (κ2) is 6.34. The van der Waals surface area contributed by atoms with Crippen LogP contribution in [0.2, 0.25) is 0 Å². The number of pyridine rings is 2. The maximum absolute atomic E-state index is 12.5. The van der Waals surface area contributed by atoms with E-state index in [1.54, 1.807) is 41.2 Å². The predicted molar refractivity (Wildman–Crippen MR) is 90.6 cm³/mol. The molecule has 0 bridgehead atoms. The van der Waals surface area contributed by atoms with E-state index in [0.717, 1.165) is 10.9 Å². The Morgan fingerprint density at radius 3 is 2.91 bits per heavy atom. The average Bonchev–Trinajstić information content (AvgIpc) is 2.57. The summed E-state index contributed by atoms with van der Waals surface area (Å²) in [5.41, 5.74) is 1.19. The second-order valence-electron chi connectivity index (χ2n) is 5.04. The van der Waals surface area contributed by atoms with Crippen molar-refractivity contribution in [1.82, 2.24) is 9.55 Å². The van der Waals surface area contributed by atoms with Gasteiger partial charge in [0.2, 0.25) is 0 Å². The summed E-state index contributed by atoms with van der Waals surface area (Å²) in [6, 6.07) is 10.7. The molecule has 0 aliphatic rings. The van der Waals surface area contributed by atoms with E-state index in [1.165, 1.54) is 7.11 Å². The van der Waals surface area contributed by atoms with Crippen molar-refractivity contribution in [2.45, 2.75) is 6.54 Å². The van der Waals surface area contributed by atoms with E-state index in [-0.39, 0.29) is 5.56 Å². The number of carbonyl (C=O) groups excluding carboxylic acids is 1. The van der Waals surface area contributed by atoms with Gasteiger partial charge in [-0.1, -0.05) is 12.1 Å². The van der Waals surface area contributed by atoms with Crippen LogP contribution >= 0.6 is 15.9 Å². The molecule has 1 aromatic carbocycles. The number of nitrogens with zero attached hydrogens (tertiary/aromatic N) is 2. The molecule has 0 saturated heterocycles. The van der Waals surface area contributed by atoms with E-state index in [9.17, 15) is 9.59 Å². The minimum Gasteiger partial charge on any atom is -0.465 e. The van der Waals surface area contributed by atoms with E-state index in [4.69, 9.17) is 4.74 Å². The molecule has 23 heavy (non-hydrogen) atoms. The Morgan fingerprint density at radius 1 is 1.30 bits per heavy atom. The molecular formula is C17H13BrN2O3. The molecule has 3 rings (SSSR count). The van der Waals surface area contributed by atoms with Gasteiger partial charge in [-0.15, -0.1) is 0 Å². The molecule has 0 aliphatic heterocycles. The van der Waals surface area contributed by atoms with Crippen LogP contribution in [0.4, 0.5) is 0 Å². The van der Waals surface area contributed by atoms with Gasteiger partial charge >= 0.3 is 5.97 Å². The Hall–Kier alpha value is -2.47. The molecular weight excluding hydrogens is 360 g/mol. The Morgan fingerprint density at radius 2 is 2.13 bits per heavy atom. The molecule has 116 valence electrons. The quantitative estimate of drug-likeness (QED) is 0.523. The summed E-state index contributed by atoms with van der Waals surface area (Å²) >= 11 is 3.29. The van der Waals surface area contributed by atoms with Crippen molar-refractivity contribution in [2.75, 3.05) is 7.11 Å². The first-order chi connectivity index (χ1) is 11.1. The highest BCUT2D eigenvalue weighted by molar-refractivity contribution is 9.10. The van der Waals surface area contributed by atoms with E-state index >= 15 is 0 Å². The molecule has 2 aromatic heterocycles. The van der Waals surface area contributed by atoms with Crippen LogP contribution in [0.5, 0.6) is 0 Å². The molecule has 0 spiro atoms. The molecule has 6 heteroatoms. The zero-order valence-electron chi connectivity index (χ0n) is 12.3. The number of methoxy groups -OCH3 is 1. The molecule has 0 amide bonds. The monoisotopic (exact) mass is 372 g/mol. The minimum absolute atomic E-state index is 0.119. The van der Waals surface area contributed by atoms with Crippen LogP contribution in [0, 0.1) is 0 Å². The number of ether oxygens (including phenoxy) is 1. The van der Waals surface area contributed by atoms with Gasteiger partial charge in [0.25, 0.3) is 5.56 Å². The number of aromatic nitrogens is 2. The third-order valence-electron chi connectivity index (χ3n) is 3.53. The van der Waals surface area contributed by atoms with Crippen LogP contribution < -0.4 is 5.56 Å². The van der Waals surface area contributed by atoms with E-state index in [1.807, 2.05) is 12.1 Å². The zero-order chi connectivity index (χ0) is 16.4. The molecule has 0 fully saturated rings. The number of carbonyl (C=O) groups is 1. The number of fused-ring (bicyclic) bond motifs is 1. The van der Waals surface area contributed by atoms with E-state index in [0.29, 0.717) is 22.1 Å². The highest BCUT2D eigenvalue weighted by Gasteiger charge is 2.08. The van der Waals surface area contributed by atoms with Gasteiger partial charge in [0.05, 0.1) is 24.6 Å². The SMILES string of the molecule is COC(=O)c1cccc(Cn2ccc3cc(Br)ncc3c2=O)c1. The summed E-state index contributed by atoms with van der Waals surface area (Å²) in [5.74, 6) is -0.397. The van der Waals surface area contributed by atoms with Crippen LogP contribution in [0.1, 0.15) is 15.9 Å². The van der Waals surface area contributed by atoms with Gasteiger partial charge in [-0.25, -0.2) is 9.78 Å². The highest BCUT2D eigenvalue weighted by atomic mass is 79.9. The Bertz CT molecular complexity index is 950. The van der Waals surface area contributed by atoms with Crippen LogP contribution in [0.15, 0.2) is 58.2 Å². The van der Waals surface area contributed by atoms with Gasteiger partial charge in [0.1, 0.15) is 4.60 Å². The molecule has 0 unspecified atom stereocenters. The van der Waals surface area contributed by atoms with Crippen molar-refractivity contribution in [2.24, 2.45) is 0 Å². The van der Waals surface area contributed by atoms with Crippen LogP contribution in [-0.4, -0.2) is 22.6 Å². The van der Waals surface area contributed by atoms with Crippen molar-refractivity contribution < 1.29 is 9.53 Å². The fraction of sp³-hybridized carbons (Fsp3) is 0.118. The van der Waals surface area contributed by atoms with Gasteiger partial charge in [-0.2, -0.15) is 0 Å². The summed E-state index contributed by atoms with van der Waals surface area (Å²) in [6.45, 7) is 0.371. The first-order valence-corrected chi connectivity index (χ1v) is 7.70. The first-order valence-electron chi connectivity index (χ1n) is 6.90. The lowest BCUT2D eigenvalue weighted by Crippen LogP contribution is -2.20. The van der Waals surface area contributed by atoms with Crippen molar-refractivity contribution in [3.8, 4) is 0 Å². The Balaban J connectivity index is 1.99. The number of esters is 1. The Labute approximate surface area is 140 Å². The number of hydrogen-bond donors (Lipinski definition) is 0. The molecule has 0 atom stereocenters. The normalized spacial score (nSPS) is 10.7. The molecule has 0 saturated carbocycles. The van der Waals surface area contributed by atoms with E-state index < -0.39 is 5.97 Å². The van der Waals surface area contributed by atoms with E-state index in [2.05, 4.69) is 20.9 Å². The Kier molecular flexibility index (Phi) is 4.25. The van der Waals surface area contributed by atoms with Gasteiger partial charge < -0.3 is 9.30 Å². The largest absolute Gasteiger partial charge is 0.465 e. The highest BCUT2D eigenvalue weighted by Crippen LogP contribution is 2.14. The maximum atomic E-state index is 12.5. The standard InChI is InChI=1S/C17H13BrN2O3/c1-23-17(22)13-4-2-3-11(7-13)10-20-6-5-12-8-15(18)19-9-14(12)16(20)21/h2-9H,10H2,1H3. The van der Waals surface area contributed by atoms with Crippen molar-refractivity contribution in [3.63, 3.8) is 0 Å².